The van der Waals surface area contributed by atoms with Gasteiger partial charge in [0.2, 0.25) is 5.91 Å². The SMILES string of the molecule is CC(C)c1ccc(-c2cc(N3CCN(C)C(=O)C3)ncn2)cc1. The summed E-state index contributed by atoms with van der Waals surface area (Å²) in [7, 11) is 1.83. The van der Waals surface area contributed by atoms with Gasteiger partial charge in [-0.15, -0.1) is 0 Å². The molecule has 1 aliphatic rings. The lowest BCUT2D eigenvalue weighted by Crippen LogP contribution is -2.48. The molecule has 1 aromatic heterocycles. The van der Waals surface area contributed by atoms with Crippen molar-refractivity contribution in [1.82, 2.24) is 14.9 Å². The molecule has 1 saturated heterocycles. The number of piperazine rings is 1. The van der Waals surface area contributed by atoms with E-state index >= 15 is 0 Å². The summed E-state index contributed by atoms with van der Waals surface area (Å²) >= 11 is 0. The van der Waals surface area contributed by atoms with Crippen LogP contribution in [0, 0.1) is 0 Å². The van der Waals surface area contributed by atoms with Gasteiger partial charge in [-0.25, -0.2) is 9.97 Å². The minimum Gasteiger partial charge on any atom is -0.345 e. The Balaban J connectivity index is 1.83. The molecule has 2 heterocycles. The first kappa shape index (κ1) is 15.5. The summed E-state index contributed by atoms with van der Waals surface area (Å²) in [5.41, 5.74) is 3.27. The molecule has 0 saturated carbocycles. The third-order valence-electron chi connectivity index (χ3n) is 4.31. The summed E-state index contributed by atoms with van der Waals surface area (Å²) in [4.78, 5) is 24.4. The Bertz CT molecular complexity index is 696. The number of aromatic nitrogens is 2. The Morgan fingerprint density at radius 1 is 1.09 bits per heavy atom. The first-order valence-electron chi connectivity index (χ1n) is 7.96. The van der Waals surface area contributed by atoms with E-state index in [4.69, 9.17) is 0 Å². The monoisotopic (exact) mass is 310 g/mol. The molecule has 0 radical (unpaired) electrons. The number of nitrogens with zero attached hydrogens (tertiary/aromatic N) is 4. The molecule has 23 heavy (non-hydrogen) atoms. The second-order valence-corrected chi connectivity index (χ2v) is 6.28. The van der Waals surface area contributed by atoms with Crippen molar-refractivity contribution < 1.29 is 4.79 Å². The van der Waals surface area contributed by atoms with Crippen molar-refractivity contribution in [1.29, 1.82) is 0 Å². The van der Waals surface area contributed by atoms with Crippen molar-refractivity contribution in [3.05, 3.63) is 42.2 Å². The fourth-order valence-corrected chi connectivity index (χ4v) is 2.67. The van der Waals surface area contributed by atoms with Gasteiger partial charge in [0.25, 0.3) is 0 Å². The van der Waals surface area contributed by atoms with Gasteiger partial charge in [0.05, 0.1) is 12.2 Å². The van der Waals surface area contributed by atoms with Crippen molar-refractivity contribution in [2.75, 3.05) is 31.6 Å². The maximum atomic E-state index is 11.9. The van der Waals surface area contributed by atoms with Crippen LogP contribution in [0.1, 0.15) is 25.3 Å². The fraction of sp³-hybridized carbons (Fsp3) is 0.389. The third kappa shape index (κ3) is 3.33. The van der Waals surface area contributed by atoms with E-state index in [0.29, 0.717) is 12.5 Å². The van der Waals surface area contributed by atoms with Crippen LogP contribution in [0.3, 0.4) is 0 Å². The number of benzene rings is 1. The van der Waals surface area contributed by atoms with Gasteiger partial charge in [0.1, 0.15) is 12.1 Å². The van der Waals surface area contributed by atoms with Crippen molar-refractivity contribution in [2.45, 2.75) is 19.8 Å². The topological polar surface area (TPSA) is 49.3 Å². The third-order valence-corrected chi connectivity index (χ3v) is 4.31. The van der Waals surface area contributed by atoms with E-state index in [9.17, 15) is 4.79 Å². The Hall–Kier alpha value is -2.43. The average molecular weight is 310 g/mol. The second kappa shape index (κ2) is 6.36. The van der Waals surface area contributed by atoms with E-state index < -0.39 is 0 Å². The highest BCUT2D eigenvalue weighted by Gasteiger charge is 2.22. The zero-order valence-electron chi connectivity index (χ0n) is 13.9. The molecule has 1 aliphatic heterocycles. The Labute approximate surface area is 137 Å². The summed E-state index contributed by atoms with van der Waals surface area (Å²) in [6.45, 7) is 6.26. The van der Waals surface area contributed by atoms with Gasteiger partial charge in [-0.05, 0) is 11.5 Å². The Morgan fingerprint density at radius 2 is 1.83 bits per heavy atom. The molecule has 1 fully saturated rings. The van der Waals surface area contributed by atoms with Crippen molar-refractivity contribution in [3.63, 3.8) is 0 Å². The minimum atomic E-state index is 0.123. The second-order valence-electron chi connectivity index (χ2n) is 6.28. The predicted octanol–water partition coefficient (Wildman–Crippen LogP) is 2.55. The van der Waals surface area contributed by atoms with Crippen molar-refractivity contribution in [3.8, 4) is 11.3 Å². The van der Waals surface area contributed by atoms with Gasteiger partial charge < -0.3 is 9.80 Å². The maximum absolute atomic E-state index is 11.9. The van der Waals surface area contributed by atoms with Gasteiger partial charge in [0.15, 0.2) is 0 Å². The molecule has 0 aliphatic carbocycles. The molecule has 0 unspecified atom stereocenters. The van der Waals surface area contributed by atoms with E-state index in [0.717, 1.165) is 30.2 Å². The van der Waals surface area contributed by atoms with Crippen LogP contribution in [0.2, 0.25) is 0 Å². The quantitative estimate of drug-likeness (QED) is 0.874. The van der Waals surface area contributed by atoms with Crippen LogP contribution in [0.5, 0.6) is 0 Å². The number of carbonyl (C=O) groups excluding carboxylic acids is 1. The molecule has 0 bridgehead atoms. The molecule has 120 valence electrons. The van der Waals surface area contributed by atoms with Crippen LogP contribution in [0.15, 0.2) is 36.7 Å². The number of carbonyl (C=O) groups is 1. The molecule has 0 atom stereocenters. The van der Waals surface area contributed by atoms with Gasteiger partial charge >= 0.3 is 0 Å². The van der Waals surface area contributed by atoms with Gasteiger partial charge in [-0.3, -0.25) is 4.79 Å². The zero-order chi connectivity index (χ0) is 16.4. The molecule has 5 heteroatoms. The Morgan fingerprint density at radius 3 is 2.48 bits per heavy atom. The molecule has 0 spiro atoms. The number of likely N-dealkylation sites (N-methyl/N-ethyl adjacent to an activating group) is 1. The first-order valence-corrected chi connectivity index (χ1v) is 7.96. The number of hydrogen-bond acceptors (Lipinski definition) is 4. The fourth-order valence-electron chi connectivity index (χ4n) is 2.67. The summed E-state index contributed by atoms with van der Waals surface area (Å²) in [5.74, 6) is 1.45. The van der Waals surface area contributed by atoms with E-state index in [1.165, 1.54) is 5.56 Å². The molecule has 3 rings (SSSR count). The van der Waals surface area contributed by atoms with Gasteiger partial charge in [0, 0.05) is 31.8 Å². The van der Waals surface area contributed by atoms with E-state index in [2.05, 4.69) is 48.1 Å². The van der Waals surface area contributed by atoms with Crippen LogP contribution < -0.4 is 4.90 Å². The van der Waals surface area contributed by atoms with E-state index in [1.54, 1.807) is 11.2 Å². The molecule has 1 amide bonds. The van der Waals surface area contributed by atoms with Crippen LogP contribution >= 0.6 is 0 Å². The summed E-state index contributed by atoms with van der Waals surface area (Å²) in [6, 6.07) is 10.4. The molecular weight excluding hydrogens is 288 g/mol. The van der Waals surface area contributed by atoms with Crippen LogP contribution in [-0.4, -0.2) is 47.5 Å². The van der Waals surface area contributed by atoms with Crippen molar-refractivity contribution >= 4 is 11.7 Å². The summed E-state index contributed by atoms with van der Waals surface area (Å²) < 4.78 is 0. The van der Waals surface area contributed by atoms with Gasteiger partial charge in [-0.2, -0.15) is 0 Å². The summed E-state index contributed by atoms with van der Waals surface area (Å²) in [5, 5.41) is 0. The zero-order valence-corrected chi connectivity index (χ0v) is 13.9. The smallest absolute Gasteiger partial charge is 0.241 e. The molecule has 0 N–H and O–H groups in total. The van der Waals surface area contributed by atoms with E-state index in [-0.39, 0.29) is 5.91 Å². The van der Waals surface area contributed by atoms with Crippen LogP contribution in [0.25, 0.3) is 11.3 Å². The largest absolute Gasteiger partial charge is 0.345 e. The predicted molar refractivity (Wildman–Crippen MR) is 91.4 cm³/mol. The highest BCUT2D eigenvalue weighted by Crippen LogP contribution is 2.24. The summed E-state index contributed by atoms with van der Waals surface area (Å²) in [6.07, 6.45) is 1.57. The van der Waals surface area contributed by atoms with Crippen LogP contribution in [0.4, 0.5) is 5.82 Å². The number of hydrogen-bond donors (Lipinski definition) is 0. The molecule has 1 aromatic carbocycles. The normalized spacial score (nSPS) is 15.4. The standard InChI is InChI=1S/C18H22N4O/c1-13(2)14-4-6-15(7-5-14)16-10-17(20-12-19-16)22-9-8-21(3)18(23)11-22/h4-7,10,12-13H,8-9,11H2,1-3H3. The Kier molecular flexibility index (Phi) is 4.28. The number of amides is 1. The minimum absolute atomic E-state index is 0.123. The van der Waals surface area contributed by atoms with Crippen molar-refractivity contribution in [2.24, 2.45) is 0 Å². The highest BCUT2D eigenvalue weighted by molar-refractivity contribution is 5.82. The molecule has 2 aromatic rings. The maximum Gasteiger partial charge on any atom is 0.241 e. The number of rotatable bonds is 3. The van der Waals surface area contributed by atoms with Gasteiger partial charge in [-0.1, -0.05) is 38.1 Å². The van der Waals surface area contributed by atoms with E-state index in [1.807, 2.05) is 18.0 Å². The first-order chi connectivity index (χ1) is 11.0. The lowest BCUT2D eigenvalue weighted by Gasteiger charge is -2.32. The highest BCUT2D eigenvalue weighted by atomic mass is 16.2. The lowest BCUT2D eigenvalue weighted by molar-refractivity contribution is -0.129. The molecule has 5 nitrogen and oxygen atoms in total. The molecular formula is C18H22N4O. The van der Waals surface area contributed by atoms with Crippen LogP contribution in [-0.2, 0) is 4.79 Å². The average Bonchev–Trinajstić information content (AvgIpc) is 2.57. The number of anilines is 1. The lowest BCUT2D eigenvalue weighted by atomic mass is 10.0.